The summed E-state index contributed by atoms with van der Waals surface area (Å²) in [4.78, 5) is 36.9. The van der Waals surface area contributed by atoms with Crippen molar-refractivity contribution in [2.45, 2.75) is 76.7 Å². The standard InChI is InChI=1S/C28H31Cl2F3N6O3/c1-16-25-26(39(36-16)17(2)21-7-5-18(29)14-22(21)30)35-23(15-34-25)37-12-9-20(10-13-37)38-11-3-4-19(38)6-8-24(40)42-27(41)28(31,32)33/h5,7,14-15,17,19-20H,3-4,6,8-13H2,1-2H3/t17-,19+/m1/s1. The van der Waals surface area contributed by atoms with Gasteiger partial charge in [-0.3, -0.25) is 9.69 Å². The van der Waals surface area contributed by atoms with E-state index in [1.165, 1.54) is 0 Å². The van der Waals surface area contributed by atoms with Gasteiger partial charge in [0, 0.05) is 41.6 Å². The number of esters is 2. The van der Waals surface area contributed by atoms with E-state index in [2.05, 4.69) is 19.5 Å². The van der Waals surface area contributed by atoms with Crippen LogP contribution in [0.15, 0.2) is 24.4 Å². The van der Waals surface area contributed by atoms with Gasteiger partial charge in [0.2, 0.25) is 0 Å². The summed E-state index contributed by atoms with van der Waals surface area (Å²) >= 11 is 12.6. The first-order valence-corrected chi connectivity index (χ1v) is 14.7. The molecule has 2 aromatic heterocycles. The molecule has 9 nitrogen and oxygen atoms in total. The van der Waals surface area contributed by atoms with Gasteiger partial charge in [0.15, 0.2) is 5.65 Å². The Labute approximate surface area is 250 Å². The lowest BCUT2D eigenvalue weighted by atomic mass is 10.0. The number of anilines is 1. The van der Waals surface area contributed by atoms with E-state index in [4.69, 9.17) is 33.3 Å². The predicted octanol–water partition coefficient (Wildman–Crippen LogP) is 5.90. The van der Waals surface area contributed by atoms with Crippen LogP contribution in [0.2, 0.25) is 10.0 Å². The minimum absolute atomic E-state index is 0.0599. The van der Waals surface area contributed by atoms with Crippen molar-refractivity contribution < 1.29 is 27.5 Å². The van der Waals surface area contributed by atoms with Gasteiger partial charge in [-0.2, -0.15) is 18.3 Å². The van der Waals surface area contributed by atoms with Gasteiger partial charge in [-0.05, 0) is 70.2 Å². The molecule has 5 rings (SSSR count). The molecule has 0 N–H and O–H groups in total. The molecule has 0 bridgehead atoms. The Morgan fingerprint density at radius 2 is 1.88 bits per heavy atom. The zero-order valence-electron chi connectivity index (χ0n) is 23.2. The number of aryl methyl sites for hydroxylation is 1. The molecule has 4 heterocycles. The number of halogens is 5. The molecule has 226 valence electrons. The maximum atomic E-state index is 12.4. The summed E-state index contributed by atoms with van der Waals surface area (Å²) in [6.45, 7) is 6.27. The minimum atomic E-state index is -5.18. The van der Waals surface area contributed by atoms with Gasteiger partial charge in [0.05, 0.1) is 17.9 Å². The van der Waals surface area contributed by atoms with Crippen LogP contribution >= 0.6 is 23.2 Å². The van der Waals surface area contributed by atoms with Crippen LogP contribution in [-0.4, -0.2) is 74.5 Å². The number of nitrogens with zero attached hydrogens (tertiary/aromatic N) is 6. The molecule has 0 unspecified atom stereocenters. The van der Waals surface area contributed by atoms with E-state index in [1.807, 2.05) is 24.6 Å². The molecule has 2 aliphatic rings. The Bertz CT molecular complexity index is 1480. The van der Waals surface area contributed by atoms with Crippen molar-refractivity contribution in [1.29, 1.82) is 0 Å². The monoisotopic (exact) mass is 626 g/mol. The third-order valence-electron chi connectivity index (χ3n) is 8.14. The molecule has 0 aliphatic carbocycles. The third kappa shape index (κ3) is 6.50. The van der Waals surface area contributed by atoms with Gasteiger partial charge >= 0.3 is 18.1 Å². The number of hydrogen-bond acceptors (Lipinski definition) is 8. The lowest BCUT2D eigenvalue weighted by Crippen LogP contribution is -2.47. The van der Waals surface area contributed by atoms with E-state index in [0.29, 0.717) is 22.1 Å². The molecule has 0 amide bonds. The topological polar surface area (TPSA) is 93.5 Å². The zero-order chi connectivity index (χ0) is 30.2. The largest absolute Gasteiger partial charge is 0.491 e. The summed E-state index contributed by atoms with van der Waals surface area (Å²) in [7, 11) is 0. The average molecular weight is 627 g/mol. The number of rotatable bonds is 7. The van der Waals surface area contributed by atoms with Gasteiger partial charge < -0.3 is 9.64 Å². The van der Waals surface area contributed by atoms with Crippen molar-refractivity contribution in [1.82, 2.24) is 24.6 Å². The molecule has 0 spiro atoms. The van der Waals surface area contributed by atoms with Crippen molar-refractivity contribution in [3.8, 4) is 0 Å². The van der Waals surface area contributed by atoms with Crippen LogP contribution in [0.1, 0.15) is 62.7 Å². The Morgan fingerprint density at radius 1 is 1.14 bits per heavy atom. The first-order chi connectivity index (χ1) is 19.9. The maximum absolute atomic E-state index is 12.4. The molecule has 2 aliphatic heterocycles. The molecular formula is C28H31Cl2F3N6O3. The Balaban J connectivity index is 1.23. The van der Waals surface area contributed by atoms with Crippen molar-refractivity contribution in [3.63, 3.8) is 0 Å². The van der Waals surface area contributed by atoms with Crippen molar-refractivity contribution >= 4 is 52.1 Å². The normalized spacial score (nSPS) is 19.4. The van der Waals surface area contributed by atoms with Crippen LogP contribution in [0.25, 0.3) is 11.2 Å². The highest BCUT2D eigenvalue weighted by molar-refractivity contribution is 6.35. The minimum Gasteiger partial charge on any atom is -0.386 e. The van der Waals surface area contributed by atoms with Crippen molar-refractivity contribution in [2.75, 3.05) is 24.5 Å². The highest BCUT2D eigenvalue weighted by Crippen LogP contribution is 2.33. The van der Waals surface area contributed by atoms with Crippen LogP contribution in [0.5, 0.6) is 0 Å². The lowest BCUT2D eigenvalue weighted by molar-refractivity contribution is -0.201. The number of hydrogen-bond donors (Lipinski definition) is 0. The number of fused-ring (bicyclic) bond motifs is 1. The first kappa shape index (κ1) is 30.5. The third-order valence-corrected chi connectivity index (χ3v) is 8.70. The SMILES string of the molecule is Cc1nn([C@H](C)c2ccc(Cl)cc2Cl)c2nc(N3CCC(N4CCC[C@H]4CCC(=O)OC(=O)C(F)(F)F)CC3)cnc12. The molecule has 0 saturated carbocycles. The Kier molecular flexibility index (Phi) is 8.96. The number of piperidine rings is 1. The van der Waals surface area contributed by atoms with E-state index in [9.17, 15) is 22.8 Å². The fourth-order valence-corrected chi connectivity index (χ4v) is 6.57. The summed E-state index contributed by atoms with van der Waals surface area (Å²) in [5, 5.41) is 5.82. The highest BCUT2D eigenvalue weighted by atomic mass is 35.5. The van der Waals surface area contributed by atoms with Crippen molar-refractivity contribution in [3.05, 3.63) is 45.7 Å². The Hall–Kier alpha value is -2.96. The first-order valence-electron chi connectivity index (χ1n) is 13.9. The fraction of sp³-hybridized carbons (Fsp3) is 0.536. The van der Waals surface area contributed by atoms with Gasteiger partial charge in [0.1, 0.15) is 11.3 Å². The van der Waals surface area contributed by atoms with Crippen LogP contribution < -0.4 is 4.90 Å². The second-order valence-electron chi connectivity index (χ2n) is 10.8. The predicted molar refractivity (Wildman–Crippen MR) is 152 cm³/mol. The highest BCUT2D eigenvalue weighted by Gasteiger charge is 2.42. The zero-order valence-corrected chi connectivity index (χ0v) is 24.7. The number of ether oxygens (including phenoxy) is 1. The quantitative estimate of drug-likeness (QED) is 0.236. The van der Waals surface area contributed by atoms with E-state index >= 15 is 0 Å². The molecule has 2 fully saturated rings. The second kappa shape index (κ2) is 12.3. The summed E-state index contributed by atoms with van der Waals surface area (Å²) in [5.74, 6) is -2.85. The van der Waals surface area contributed by atoms with Crippen LogP contribution in [0, 0.1) is 6.92 Å². The number of aromatic nitrogens is 4. The van der Waals surface area contributed by atoms with E-state index in [0.717, 1.165) is 67.9 Å². The van der Waals surface area contributed by atoms with Gasteiger partial charge in [-0.15, -0.1) is 0 Å². The van der Waals surface area contributed by atoms with Gasteiger partial charge in [-0.25, -0.2) is 19.4 Å². The van der Waals surface area contributed by atoms with Crippen molar-refractivity contribution in [2.24, 2.45) is 0 Å². The lowest BCUT2D eigenvalue weighted by Gasteiger charge is -2.39. The van der Waals surface area contributed by atoms with Gasteiger partial charge in [-0.1, -0.05) is 29.3 Å². The van der Waals surface area contributed by atoms with E-state index in [1.54, 1.807) is 18.3 Å². The number of likely N-dealkylation sites (tertiary alicyclic amines) is 1. The molecule has 1 aromatic carbocycles. The fourth-order valence-electron chi connectivity index (χ4n) is 6.01. The molecule has 0 radical (unpaired) electrons. The molecule has 2 saturated heterocycles. The second-order valence-corrected chi connectivity index (χ2v) is 11.7. The molecule has 14 heteroatoms. The van der Waals surface area contributed by atoms with E-state index in [-0.39, 0.29) is 24.5 Å². The summed E-state index contributed by atoms with van der Waals surface area (Å²) in [6.07, 6.45) is 0.234. The number of alkyl halides is 3. The molecule has 2 atom stereocenters. The van der Waals surface area contributed by atoms with Crippen LogP contribution in [0.3, 0.4) is 0 Å². The molecular weight excluding hydrogens is 596 g/mol. The molecule has 42 heavy (non-hydrogen) atoms. The van der Waals surface area contributed by atoms with Crippen LogP contribution in [0.4, 0.5) is 19.0 Å². The Morgan fingerprint density at radius 3 is 2.57 bits per heavy atom. The van der Waals surface area contributed by atoms with E-state index < -0.39 is 18.1 Å². The number of benzene rings is 1. The average Bonchev–Trinajstić information content (AvgIpc) is 3.55. The summed E-state index contributed by atoms with van der Waals surface area (Å²) < 4.78 is 42.9. The summed E-state index contributed by atoms with van der Waals surface area (Å²) in [6, 6.07) is 5.53. The smallest absolute Gasteiger partial charge is 0.386 e. The summed E-state index contributed by atoms with van der Waals surface area (Å²) in [5.41, 5.74) is 3.03. The number of carbonyl (C=O) groups is 2. The number of carbonyl (C=O) groups excluding carboxylic acids is 2. The maximum Gasteiger partial charge on any atom is 0.491 e. The van der Waals surface area contributed by atoms with Crippen LogP contribution in [-0.2, 0) is 14.3 Å². The molecule has 3 aromatic rings. The van der Waals surface area contributed by atoms with Gasteiger partial charge in [0.25, 0.3) is 0 Å².